The van der Waals surface area contributed by atoms with Crippen LogP contribution in [-0.2, 0) is 28.5 Å². The number of ether oxygens (including phenoxy) is 1. The van der Waals surface area contributed by atoms with Crippen molar-refractivity contribution in [3.63, 3.8) is 0 Å². The standard InChI is InChI=1S/C22H22F6N2O2/c23-21(24,25)16-9-14(10-17(11-16)22(26,27)28)13-32-18-7-4-8-30(12-19(29)31)20(18)15-5-2-1-3-6-15/h1-3,5-6,9-11,18,20H,4,7-8,12-13H2,(H2,29,31). The Kier molecular flexibility index (Phi) is 7.14. The molecule has 4 nitrogen and oxygen atoms in total. The molecule has 1 aliphatic heterocycles. The molecule has 0 radical (unpaired) electrons. The molecule has 2 aromatic carbocycles. The van der Waals surface area contributed by atoms with Crippen LogP contribution in [-0.4, -0.2) is 30.0 Å². The number of hydrogen-bond donors (Lipinski definition) is 1. The average Bonchev–Trinajstić information content (AvgIpc) is 2.71. The minimum atomic E-state index is -4.92. The third-order valence-electron chi connectivity index (χ3n) is 5.29. The molecule has 1 saturated heterocycles. The van der Waals surface area contributed by atoms with Crippen molar-refractivity contribution in [3.8, 4) is 0 Å². The van der Waals surface area contributed by atoms with E-state index in [1.807, 2.05) is 23.1 Å². The summed E-state index contributed by atoms with van der Waals surface area (Å²) in [6.07, 6.45) is -9.23. The molecule has 2 aromatic rings. The molecule has 1 amide bonds. The number of nitrogens with zero attached hydrogens (tertiary/aromatic N) is 1. The van der Waals surface area contributed by atoms with Crippen LogP contribution in [0.5, 0.6) is 0 Å². The molecule has 32 heavy (non-hydrogen) atoms. The lowest BCUT2D eigenvalue weighted by Gasteiger charge is -2.41. The fourth-order valence-corrected chi connectivity index (χ4v) is 3.96. The second-order valence-electron chi connectivity index (χ2n) is 7.70. The van der Waals surface area contributed by atoms with Crippen molar-refractivity contribution >= 4 is 5.91 Å². The predicted octanol–water partition coefficient (Wildman–Crippen LogP) is 4.93. The Bertz CT molecular complexity index is 898. The summed E-state index contributed by atoms with van der Waals surface area (Å²) in [5.74, 6) is -0.542. The van der Waals surface area contributed by atoms with Gasteiger partial charge in [-0.05, 0) is 48.7 Å². The maximum atomic E-state index is 13.1. The van der Waals surface area contributed by atoms with Gasteiger partial charge in [-0.25, -0.2) is 0 Å². The molecule has 10 heteroatoms. The van der Waals surface area contributed by atoms with E-state index in [1.54, 1.807) is 12.1 Å². The van der Waals surface area contributed by atoms with E-state index >= 15 is 0 Å². The van der Waals surface area contributed by atoms with Crippen LogP contribution < -0.4 is 5.73 Å². The number of nitrogens with two attached hydrogens (primary N) is 1. The van der Waals surface area contributed by atoms with Gasteiger partial charge < -0.3 is 10.5 Å². The summed E-state index contributed by atoms with van der Waals surface area (Å²) in [5, 5.41) is 0. The number of hydrogen-bond acceptors (Lipinski definition) is 3. The molecule has 0 spiro atoms. The molecule has 2 N–H and O–H groups in total. The quantitative estimate of drug-likeness (QED) is 0.622. The van der Waals surface area contributed by atoms with Gasteiger partial charge in [-0.2, -0.15) is 26.3 Å². The number of primary amides is 1. The van der Waals surface area contributed by atoms with Gasteiger partial charge >= 0.3 is 12.4 Å². The van der Waals surface area contributed by atoms with Crippen molar-refractivity contribution in [2.45, 2.75) is 43.9 Å². The van der Waals surface area contributed by atoms with E-state index in [2.05, 4.69) is 0 Å². The average molecular weight is 460 g/mol. The number of alkyl halides is 6. The van der Waals surface area contributed by atoms with Crippen molar-refractivity contribution in [2.24, 2.45) is 5.73 Å². The maximum absolute atomic E-state index is 13.1. The molecule has 1 fully saturated rings. The van der Waals surface area contributed by atoms with E-state index in [1.165, 1.54) is 0 Å². The highest BCUT2D eigenvalue weighted by Gasteiger charge is 2.38. The monoisotopic (exact) mass is 460 g/mol. The first-order chi connectivity index (χ1) is 14.9. The number of piperidine rings is 1. The summed E-state index contributed by atoms with van der Waals surface area (Å²) >= 11 is 0. The van der Waals surface area contributed by atoms with Crippen LogP contribution in [0.1, 0.15) is 41.1 Å². The second kappa shape index (κ2) is 9.50. The molecule has 0 aromatic heterocycles. The molecular formula is C22H22F6N2O2. The predicted molar refractivity (Wildman–Crippen MR) is 104 cm³/mol. The first-order valence-corrected chi connectivity index (χ1v) is 9.92. The molecule has 1 heterocycles. The lowest BCUT2D eigenvalue weighted by Crippen LogP contribution is -2.46. The first-order valence-electron chi connectivity index (χ1n) is 9.92. The SMILES string of the molecule is NC(=O)CN1CCCC(OCc2cc(C(F)(F)F)cc(C(F)(F)F)c2)C1c1ccccc1. The number of carbonyl (C=O) groups excluding carboxylic acids is 1. The van der Waals surface area contributed by atoms with Gasteiger partial charge in [-0.1, -0.05) is 30.3 Å². The zero-order valence-corrected chi connectivity index (χ0v) is 16.9. The Hall–Kier alpha value is -2.59. The van der Waals surface area contributed by atoms with Gasteiger partial charge in [0, 0.05) is 0 Å². The topological polar surface area (TPSA) is 55.6 Å². The number of benzene rings is 2. The fraction of sp³-hybridized carbons (Fsp3) is 0.409. The maximum Gasteiger partial charge on any atom is 0.416 e. The Morgan fingerprint density at radius 3 is 2.12 bits per heavy atom. The number of likely N-dealkylation sites (tertiary alicyclic amines) is 1. The van der Waals surface area contributed by atoms with Crippen molar-refractivity contribution in [1.82, 2.24) is 4.90 Å². The summed E-state index contributed by atoms with van der Waals surface area (Å²) in [5.41, 5.74) is 3.17. The number of rotatable bonds is 6. The van der Waals surface area contributed by atoms with Crippen LogP contribution in [0.3, 0.4) is 0 Å². The largest absolute Gasteiger partial charge is 0.416 e. The molecule has 0 aliphatic carbocycles. The minimum absolute atomic E-state index is 0.0405. The molecule has 174 valence electrons. The zero-order valence-electron chi connectivity index (χ0n) is 16.9. The van der Waals surface area contributed by atoms with Gasteiger partial charge in [0.05, 0.1) is 36.4 Å². The van der Waals surface area contributed by atoms with Crippen LogP contribution in [0.4, 0.5) is 26.3 Å². The summed E-state index contributed by atoms with van der Waals surface area (Å²) in [4.78, 5) is 13.3. The van der Waals surface area contributed by atoms with Crippen molar-refractivity contribution in [3.05, 3.63) is 70.8 Å². The molecule has 2 atom stereocenters. The minimum Gasteiger partial charge on any atom is -0.372 e. The molecule has 0 saturated carbocycles. The van der Waals surface area contributed by atoms with Crippen molar-refractivity contribution in [2.75, 3.05) is 13.1 Å². The van der Waals surface area contributed by atoms with Crippen LogP contribution >= 0.6 is 0 Å². The van der Waals surface area contributed by atoms with Gasteiger partial charge in [-0.3, -0.25) is 9.69 Å². The summed E-state index contributed by atoms with van der Waals surface area (Å²) in [7, 11) is 0. The Balaban J connectivity index is 1.87. The normalized spacial score (nSPS) is 20.3. The lowest BCUT2D eigenvalue weighted by molar-refractivity contribution is -0.143. The molecule has 2 unspecified atom stereocenters. The highest BCUT2D eigenvalue weighted by molar-refractivity contribution is 5.76. The smallest absolute Gasteiger partial charge is 0.372 e. The van der Waals surface area contributed by atoms with E-state index < -0.39 is 48.1 Å². The summed E-state index contributed by atoms with van der Waals surface area (Å²) in [6, 6.07) is 10.1. The first kappa shape index (κ1) is 24.1. The Morgan fingerprint density at radius 2 is 1.59 bits per heavy atom. The van der Waals surface area contributed by atoms with Crippen molar-refractivity contribution < 1.29 is 35.9 Å². The van der Waals surface area contributed by atoms with Crippen LogP contribution in [0.25, 0.3) is 0 Å². The number of halogens is 6. The summed E-state index contributed by atoms with van der Waals surface area (Å²) in [6.45, 7) is 0.0801. The third-order valence-corrected chi connectivity index (χ3v) is 5.29. The van der Waals surface area contributed by atoms with Gasteiger partial charge in [-0.15, -0.1) is 0 Å². The summed E-state index contributed by atoms with van der Waals surface area (Å²) < 4.78 is 84.6. The van der Waals surface area contributed by atoms with Gasteiger partial charge in [0.1, 0.15) is 0 Å². The zero-order chi connectivity index (χ0) is 23.5. The van der Waals surface area contributed by atoms with Gasteiger partial charge in [0.15, 0.2) is 0 Å². The van der Waals surface area contributed by atoms with E-state index in [9.17, 15) is 31.1 Å². The molecule has 0 bridgehead atoms. The van der Waals surface area contributed by atoms with Crippen LogP contribution in [0.15, 0.2) is 48.5 Å². The Morgan fingerprint density at radius 1 is 1.00 bits per heavy atom. The van der Waals surface area contributed by atoms with Crippen LogP contribution in [0, 0.1) is 0 Å². The molecule has 1 aliphatic rings. The lowest BCUT2D eigenvalue weighted by atomic mass is 9.92. The third kappa shape index (κ3) is 6.01. The highest BCUT2D eigenvalue weighted by atomic mass is 19.4. The number of carbonyl (C=O) groups is 1. The number of amides is 1. The molecular weight excluding hydrogens is 438 g/mol. The Labute approximate surface area is 181 Å². The van der Waals surface area contributed by atoms with Crippen LogP contribution in [0.2, 0.25) is 0 Å². The van der Waals surface area contributed by atoms with E-state index in [4.69, 9.17) is 10.5 Å². The van der Waals surface area contributed by atoms with E-state index in [0.29, 0.717) is 31.5 Å². The fourth-order valence-electron chi connectivity index (χ4n) is 3.96. The molecule has 3 rings (SSSR count). The highest BCUT2D eigenvalue weighted by Crippen LogP contribution is 2.37. The van der Waals surface area contributed by atoms with Gasteiger partial charge in [0.25, 0.3) is 0 Å². The second-order valence-corrected chi connectivity index (χ2v) is 7.70. The van der Waals surface area contributed by atoms with E-state index in [-0.39, 0.29) is 18.2 Å². The van der Waals surface area contributed by atoms with Crippen molar-refractivity contribution in [1.29, 1.82) is 0 Å². The van der Waals surface area contributed by atoms with Gasteiger partial charge in [0.2, 0.25) is 5.91 Å². The van der Waals surface area contributed by atoms with E-state index in [0.717, 1.165) is 5.56 Å².